The van der Waals surface area contributed by atoms with E-state index >= 15 is 0 Å². The van der Waals surface area contributed by atoms with E-state index in [1.807, 2.05) is 34.9 Å². The second-order valence-electron chi connectivity index (χ2n) is 5.18. The number of imidazole rings is 1. The number of fused-ring (bicyclic) bond motifs is 1. The molecule has 8 heteroatoms. The van der Waals surface area contributed by atoms with Gasteiger partial charge in [0.1, 0.15) is 18.5 Å². The Hall–Kier alpha value is -3.00. The molecule has 3 aromatic rings. The Balaban J connectivity index is 1.41. The number of hydrogen-bond donors (Lipinski definition) is 2. The van der Waals surface area contributed by atoms with Crippen molar-refractivity contribution in [3.8, 4) is 0 Å². The van der Waals surface area contributed by atoms with E-state index in [-0.39, 0.29) is 12.5 Å². The summed E-state index contributed by atoms with van der Waals surface area (Å²) in [4.78, 5) is 24.0. The van der Waals surface area contributed by atoms with E-state index in [1.54, 1.807) is 6.33 Å². The summed E-state index contributed by atoms with van der Waals surface area (Å²) >= 11 is 0. The molecular weight excluding hydrogens is 308 g/mol. The molecule has 8 nitrogen and oxygen atoms in total. The number of aromatic nitrogens is 4. The molecule has 0 aliphatic carbocycles. The fourth-order valence-corrected chi connectivity index (χ4v) is 2.24. The van der Waals surface area contributed by atoms with Crippen molar-refractivity contribution in [3.05, 3.63) is 48.5 Å². The summed E-state index contributed by atoms with van der Waals surface area (Å²) in [5.74, 6) is 0.195. The summed E-state index contributed by atoms with van der Waals surface area (Å²) in [6.45, 7) is 1.40. The molecule has 0 spiro atoms. The Labute approximate surface area is 138 Å². The Morgan fingerprint density at radius 3 is 2.88 bits per heavy atom. The standard InChI is InChI=1S/C16H18N6O2/c17-15-14-16(20-10-19-15)22(11-21-14)6-7-24-9-13(23)18-8-12-4-2-1-3-5-12/h1-5,10-11H,6-9H2,(H,18,23)(H2,17,19,20). The van der Waals surface area contributed by atoms with Crippen molar-refractivity contribution < 1.29 is 9.53 Å². The number of hydrogen-bond acceptors (Lipinski definition) is 6. The number of rotatable bonds is 7. The Kier molecular flexibility index (Phi) is 4.97. The third-order valence-corrected chi connectivity index (χ3v) is 3.47. The van der Waals surface area contributed by atoms with E-state index < -0.39 is 0 Å². The molecule has 1 aromatic carbocycles. The van der Waals surface area contributed by atoms with Gasteiger partial charge in [-0.25, -0.2) is 15.0 Å². The fraction of sp³-hybridized carbons (Fsp3) is 0.250. The number of carbonyl (C=O) groups excluding carboxylic acids is 1. The Bertz CT molecular complexity index is 818. The van der Waals surface area contributed by atoms with Gasteiger partial charge in [0.15, 0.2) is 11.5 Å². The lowest BCUT2D eigenvalue weighted by atomic mass is 10.2. The summed E-state index contributed by atoms with van der Waals surface area (Å²) in [6, 6.07) is 9.72. The van der Waals surface area contributed by atoms with E-state index in [4.69, 9.17) is 10.5 Å². The molecular formula is C16H18N6O2. The predicted octanol–water partition coefficient (Wildman–Crippen LogP) is 0.741. The van der Waals surface area contributed by atoms with Crippen LogP contribution >= 0.6 is 0 Å². The van der Waals surface area contributed by atoms with Gasteiger partial charge in [0.2, 0.25) is 5.91 Å². The third kappa shape index (κ3) is 3.85. The van der Waals surface area contributed by atoms with E-state index in [2.05, 4.69) is 20.3 Å². The van der Waals surface area contributed by atoms with Crippen LogP contribution in [0.4, 0.5) is 5.82 Å². The molecule has 124 valence electrons. The number of nitrogen functional groups attached to an aromatic ring is 1. The van der Waals surface area contributed by atoms with Crippen molar-refractivity contribution in [2.75, 3.05) is 18.9 Å². The summed E-state index contributed by atoms with van der Waals surface area (Å²) in [5, 5.41) is 2.81. The van der Waals surface area contributed by atoms with Gasteiger partial charge in [0.05, 0.1) is 12.9 Å². The summed E-state index contributed by atoms with van der Waals surface area (Å²) in [5.41, 5.74) is 8.00. The van der Waals surface area contributed by atoms with E-state index in [0.717, 1.165) is 5.56 Å². The lowest BCUT2D eigenvalue weighted by molar-refractivity contribution is -0.125. The number of carbonyl (C=O) groups is 1. The van der Waals surface area contributed by atoms with Crippen molar-refractivity contribution in [1.29, 1.82) is 0 Å². The zero-order chi connectivity index (χ0) is 16.8. The largest absolute Gasteiger partial charge is 0.382 e. The highest BCUT2D eigenvalue weighted by molar-refractivity contribution is 5.81. The molecule has 0 fully saturated rings. The van der Waals surface area contributed by atoms with Crippen molar-refractivity contribution in [2.24, 2.45) is 0 Å². The number of ether oxygens (including phenoxy) is 1. The van der Waals surface area contributed by atoms with Gasteiger partial charge in [-0.15, -0.1) is 0 Å². The maximum atomic E-state index is 11.7. The van der Waals surface area contributed by atoms with Gasteiger partial charge in [-0.3, -0.25) is 4.79 Å². The summed E-state index contributed by atoms with van der Waals surface area (Å²) < 4.78 is 7.22. The Morgan fingerprint density at radius 2 is 2.04 bits per heavy atom. The number of nitrogens with zero attached hydrogens (tertiary/aromatic N) is 4. The van der Waals surface area contributed by atoms with Crippen LogP contribution < -0.4 is 11.1 Å². The quantitative estimate of drug-likeness (QED) is 0.620. The molecule has 0 unspecified atom stereocenters. The smallest absolute Gasteiger partial charge is 0.246 e. The molecule has 0 atom stereocenters. The molecule has 2 heterocycles. The summed E-state index contributed by atoms with van der Waals surface area (Å²) in [7, 11) is 0. The van der Waals surface area contributed by atoms with Crippen molar-refractivity contribution in [3.63, 3.8) is 0 Å². The van der Waals surface area contributed by atoms with Crippen molar-refractivity contribution in [2.45, 2.75) is 13.1 Å². The maximum absolute atomic E-state index is 11.7. The molecule has 0 aliphatic rings. The Morgan fingerprint density at radius 1 is 1.21 bits per heavy atom. The molecule has 0 saturated carbocycles. The van der Waals surface area contributed by atoms with Gasteiger partial charge in [0.25, 0.3) is 0 Å². The minimum absolute atomic E-state index is 0.0105. The SMILES string of the molecule is Nc1ncnc2c1ncn2CCOCC(=O)NCc1ccccc1. The van der Waals surface area contributed by atoms with Gasteiger partial charge < -0.3 is 20.4 Å². The molecule has 0 bridgehead atoms. The molecule has 0 saturated heterocycles. The van der Waals surface area contributed by atoms with E-state index in [0.29, 0.717) is 36.7 Å². The first-order chi connectivity index (χ1) is 11.7. The lowest BCUT2D eigenvalue weighted by Gasteiger charge is -2.07. The monoisotopic (exact) mass is 326 g/mol. The molecule has 0 radical (unpaired) electrons. The molecule has 2 aromatic heterocycles. The van der Waals surface area contributed by atoms with Crippen LogP contribution in [0.15, 0.2) is 43.0 Å². The van der Waals surface area contributed by atoms with Crippen LogP contribution in [0.25, 0.3) is 11.2 Å². The highest BCUT2D eigenvalue weighted by Gasteiger charge is 2.07. The van der Waals surface area contributed by atoms with Crippen LogP contribution in [0.3, 0.4) is 0 Å². The van der Waals surface area contributed by atoms with Gasteiger partial charge in [-0.2, -0.15) is 0 Å². The average molecular weight is 326 g/mol. The van der Waals surface area contributed by atoms with Crippen LogP contribution in [-0.2, 0) is 22.6 Å². The predicted molar refractivity (Wildman–Crippen MR) is 88.8 cm³/mol. The minimum Gasteiger partial charge on any atom is -0.382 e. The first-order valence-corrected chi connectivity index (χ1v) is 7.53. The first kappa shape index (κ1) is 15.9. The van der Waals surface area contributed by atoms with E-state index in [1.165, 1.54) is 6.33 Å². The zero-order valence-electron chi connectivity index (χ0n) is 13.1. The maximum Gasteiger partial charge on any atom is 0.246 e. The number of amides is 1. The second-order valence-corrected chi connectivity index (χ2v) is 5.18. The molecule has 1 amide bonds. The number of nitrogens with one attached hydrogen (secondary N) is 1. The molecule has 24 heavy (non-hydrogen) atoms. The van der Waals surface area contributed by atoms with Gasteiger partial charge >= 0.3 is 0 Å². The average Bonchev–Trinajstić information content (AvgIpc) is 3.02. The van der Waals surface area contributed by atoms with Gasteiger partial charge in [-0.1, -0.05) is 30.3 Å². The zero-order valence-corrected chi connectivity index (χ0v) is 13.1. The van der Waals surface area contributed by atoms with Crippen molar-refractivity contribution >= 4 is 22.9 Å². The molecule has 3 rings (SSSR count). The summed E-state index contributed by atoms with van der Waals surface area (Å²) in [6.07, 6.45) is 3.03. The topological polar surface area (TPSA) is 108 Å². The molecule has 3 N–H and O–H groups in total. The molecule has 0 aliphatic heterocycles. The van der Waals surface area contributed by atoms with Crippen LogP contribution in [0.1, 0.15) is 5.56 Å². The minimum atomic E-state index is -0.152. The highest BCUT2D eigenvalue weighted by Crippen LogP contribution is 2.13. The van der Waals surface area contributed by atoms with E-state index in [9.17, 15) is 4.79 Å². The first-order valence-electron chi connectivity index (χ1n) is 7.53. The number of anilines is 1. The van der Waals surface area contributed by atoms with Crippen LogP contribution in [0, 0.1) is 0 Å². The van der Waals surface area contributed by atoms with Crippen LogP contribution in [-0.4, -0.2) is 38.6 Å². The van der Waals surface area contributed by atoms with Crippen molar-refractivity contribution in [1.82, 2.24) is 24.8 Å². The van der Waals surface area contributed by atoms with Gasteiger partial charge in [-0.05, 0) is 5.56 Å². The second kappa shape index (κ2) is 7.51. The third-order valence-electron chi connectivity index (χ3n) is 3.47. The fourth-order valence-electron chi connectivity index (χ4n) is 2.24. The normalized spacial score (nSPS) is 10.8. The number of nitrogens with two attached hydrogens (primary N) is 1. The lowest BCUT2D eigenvalue weighted by Crippen LogP contribution is -2.27. The van der Waals surface area contributed by atoms with Crippen LogP contribution in [0.2, 0.25) is 0 Å². The number of benzene rings is 1. The van der Waals surface area contributed by atoms with Crippen LogP contribution in [0.5, 0.6) is 0 Å². The highest BCUT2D eigenvalue weighted by atomic mass is 16.5. The van der Waals surface area contributed by atoms with Gasteiger partial charge in [0, 0.05) is 13.1 Å².